The van der Waals surface area contributed by atoms with E-state index in [1.54, 1.807) is 12.4 Å². The molecule has 0 aromatic carbocycles. The molecule has 0 aliphatic rings. The van der Waals surface area contributed by atoms with Crippen LogP contribution >= 0.6 is 23.4 Å². The largest absolute Gasteiger partial charge is 0.477 e. The minimum atomic E-state index is -0.121. The summed E-state index contributed by atoms with van der Waals surface area (Å²) in [6, 6.07) is 1.69. The van der Waals surface area contributed by atoms with E-state index in [2.05, 4.69) is 23.1 Å². The van der Waals surface area contributed by atoms with E-state index >= 15 is 0 Å². The monoisotopic (exact) mass is 325 g/mol. The number of hydrogen-bond donors (Lipinski definition) is 1. The van der Waals surface area contributed by atoms with Gasteiger partial charge >= 0.3 is 0 Å². The maximum Gasteiger partial charge on any atom is 0.222 e. The third kappa shape index (κ3) is 3.99. The molecule has 0 saturated carbocycles. The van der Waals surface area contributed by atoms with Gasteiger partial charge in [-0.3, -0.25) is 0 Å². The highest BCUT2D eigenvalue weighted by molar-refractivity contribution is 7.99. The molecular formula is C15H20ClN3OS. The number of nitrogens with zero attached hydrogens (tertiary/aromatic N) is 2. The normalized spacial score (nSPS) is 14.1. The second-order valence-corrected chi connectivity index (χ2v) is 6.71. The van der Waals surface area contributed by atoms with Crippen LogP contribution in [-0.4, -0.2) is 28.1 Å². The van der Waals surface area contributed by atoms with Crippen LogP contribution in [0.25, 0.3) is 10.8 Å². The Labute approximate surface area is 134 Å². The number of pyridine rings is 2. The highest BCUT2D eigenvalue weighted by Crippen LogP contribution is 2.30. The zero-order chi connectivity index (χ0) is 15.4. The zero-order valence-electron chi connectivity index (χ0n) is 12.5. The van der Waals surface area contributed by atoms with Crippen LogP contribution in [0.3, 0.4) is 0 Å². The lowest BCUT2D eigenvalue weighted by molar-refractivity contribution is 0.303. The van der Waals surface area contributed by atoms with Crippen molar-refractivity contribution in [3.63, 3.8) is 0 Å². The summed E-state index contributed by atoms with van der Waals surface area (Å²) in [4.78, 5) is 8.52. The van der Waals surface area contributed by atoms with Crippen LogP contribution in [0.1, 0.15) is 31.9 Å². The standard InChI is InChI=1S/C15H20ClN3OS/c1-9(21-3)4-5-20-15-13-8-18-14(16)6-11(13)12(7-19-15)10(2)17/h6-10H,4-5,17H2,1-3H3. The molecule has 2 rings (SSSR count). The molecule has 0 aliphatic carbocycles. The van der Waals surface area contributed by atoms with Crippen molar-refractivity contribution in [2.75, 3.05) is 12.9 Å². The van der Waals surface area contributed by atoms with E-state index in [-0.39, 0.29) is 6.04 Å². The molecule has 0 fully saturated rings. The van der Waals surface area contributed by atoms with Crippen molar-refractivity contribution in [2.45, 2.75) is 31.6 Å². The number of fused-ring (bicyclic) bond motifs is 1. The van der Waals surface area contributed by atoms with Crippen LogP contribution in [0, 0.1) is 0 Å². The van der Waals surface area contributed by atoms with Gasteiger partial charge in [0.1, 0.15) is 5.15 Å². The van der Waals surface area contributed by atoms with Gasteiger partial charge in [-0.1, -0.05) is 18.5 Å². The maximum absolute atomic E-state index is 6.00. The third-order valence-corrected chi connectivity index (χ3v) is 4.64. The van der Waals surface area contributed by atoms with E-state index in [1.807, 2.05) is 24.8 Å². The van der Waals surface area contributed by atoms with E-state index in [1.165, 1.54) is 0 Å². The molecule has 0 aliphatic heterocycles. The molecule has 6 heteroatoms. The van der Waals surface area contributed by atoms with E-state index in [9.17, 15) is 0 Å². The van der Waals surface area contributed by atoms with Crippen molar-refractivity contribution in [3.05, 3.63) is 29.2 Å². The number of ether oxygens (including phenoxy) is 1. The Morgan fingerprint density at radius 2 is 2.05 bits per heavy atom. The smallest absolute Gasteiger partial charge is 0.222 e. The van der Waals surface area contributed by atoms with Gasteiger partial charge in [0.15, 0.2) is 0 Å². The Hall–Kier alpha value is -1.04. The lowest BCUT2D eigenvalue weighted by Gasteiger charge is -2.14. The second-order valence-electron chi connectivity index (χ2n) is 5.04. The van der Waals surface area contributed by atoms with Gasteiger partial charge in [-0.25, -0.2) is 9.97 Å². The number of halogens is 1. The quantitative estimate of drug-likeness (QED) is 0.818. The maximum atomic E-state index is 6.00. The van der Waals surface area contributed by atoms with Crippen molar-refractivity contribution in [3.8, 4) is 5.88 Å². The van der Waals surface area contributed by atoms with Crippen LogP contribution in [0.5, 0.6) is 5.88 Å². The molecule has 2 aromatic heterocycles. The molecule has 2 unspecified atom stereocenters. The predicted octanol–water partition coefficient (Wildman–Crippen LogP) is 3.82. The van der Waals surface area contributed by atoms with Gasteiger partial charge in [0.05, 0.1) is 12.0 Å². The summed E-state index contributed by atoms with van der Waals surface area (Å²) >= 11 is 7.82. The van der Waals surface area contributed by atoms with Crippen molar-refractivity contribution in [1.29, 1.82) is 0 Å². The summed E-state index contributed by atoms with van der Waals surface area (Å²) in [5, 5.41) is 2.81. The predicted molar refractivity (Wildman–Crippen MR) is 90.2 cm³/mol. The molecule has 2 atom stereocenters. The fourth-order valence-electron chi connectivity index (χ4n) is 2.02. The number of nitrogens with two attached hydrogens (primary N) is 1. The number of rotatable bonds is 6. The molecule has 2 heterocycles. The average molecular weight is 326 g/mol. The van der Waals surface area contributed by atoms with E-state index in [0.29, 0.717) is 22.9 Å². The van der Waals surface area contributed by atoms with Crippen molar-refractivity contribution >= 4 is 34.1 Å². The number of aromatic nitrogens is 2. The Balaban J connectivity index is 2.31. The highest BCUT2D eigenvalue weighted by Gasteiger charge is 2.13. The first-order valence-corrected chi connectivity index (χ1v) is 8.54. The molecule has 0 spiro atoms. The Morgan fingerprint density at radius 1 is 1.29 bits per heavy atom. The fraction of sp³-hybridized carbons (Fsp3) is 0.467. The summed E-state index contributed by atoms with van der Waals surface area (Å²) in [6.07, 6.45) is 6.53. The topological polar surface area (TPSA) is 61.0 Å². The molecular weight excluding hydrogens is 306 g/mol. The van der Waals surface area contributed by atoms with Gasteiger partial charge < -0.3 is 10.5 Å². The Kier molecular flexibility index (Phi) is 5.67. The molecule has 2 N–H and O–H groups in total. The first-order valence-electron chi connectivity index (χ1n) is 6.88. The molecule has 0 bridgehead atoms. The van der Waals surface area contributed by atoms with E-state index in [0.717, 1.165) is 22.8 Å². The van der Waals surface area contributed by atoms with Crippen LogP contribution in [0.15, 0.2) is 18.5 Å². The SMILES string of the molecule is CSC(C)CCOc1ncc(C(C)N)c2cc(Cl)ncc12. The van der Waals surface area contributed by atoms with Gasteiger partial charge in [-0.15, -0.1) is 0 Å². The van der Waals surface area contributed by atoms with Crippen molar-refractivity contribution < 1.29 is 4.74 Å². The molecule has 4 nitrogen and oxygen atoms in total. The summed E-state index contributed by atoms with van der Waals surface area (Å²) in [5.41, 5.74) is 6.93. The highest BCUT2D eigenvalue weighted by atomic mass is 35.5. The first-order chi connectivity index (χ1) is 10.0. The molecule has 0 amide bonds. The molecule has 114 valence electrons. The van der Waals surface area contributed by atoms with Crippen molar-refractivity contribution in [2.24, 2.45) is 5.73 Å². The molecule has 21 heavy (non-hydrogen) atoms. The lowest BCUT2D eigenvalue weighted by Crippen LogP contribution is -2.09. The van der Waals surface area contributed by atoms with Gasteiger partial charge in [-0.05, 0) is 36.6 Å². The van der Waals surface area contributed by atoms with Gasteiger partial charge in [0.2, 0.25) is 5.88 Å². The summed E-state index contributed by atoms with van der Waals surface area (Å²) < 4.78 is 5.82. The van der Waals surface area contributed by atoms with Crippen LogP contribution < -0.4 is 10.5 Å². The number of thioether (sulfide) groups is 1. The first kappa shape index (κ1) is 16.3. The minimum Gasteiger partial charge on any atom is -0.477 e. The lowest BCUT2D eigenvalue weighted by atomic mass is 10.0. The second kappa shape index (κ2) is 7.29. The van der Waals surface area contributed by atoms with Gasteiger partial charge in [0, 0.05) is 23.7 Å². The van der Waals surface area contributed by atoms with Crippen LogP contribution in [-0.2, 0) is 0 Å². The van der Waals surface area contributed by atoms with Crippen molar-refractivity contribution in [1.82, 2.24) is 9.97 Å². The zero-order valence-corrected chi connectivity index (χ0v) is 14.0. The molecule has 0 saturated heterocycles. The minimum absolute atomic E-state index is 0.121. The fourth-order valence-corrected chi connectivity index (χ4v) is 2.51. The summed E-state index contributed by atoms with van der Waals surface area (Å²) in [5.74, 6) is 0.590. The summed E-state index contributed by atoms with van der Waals surface area (Å²) in [7, 11) is 0. The van der Waals surface area contributed by atoms with Crippen LogP contribution in [0.4, 0.5) is 0 Å². The Bertz CT molecular complexity index is 621. The molecule has 2 aromatic rings. The van der Waals surface area contributed by atoms with Crippen LogP contribution in [0.2, 0.25) is 5.15 Å². The van der Waals surface area contributed by atoms with E-state index in [4.69, 9.17) is 22.1 Å². The van der Waals surface area contributed by atoms with Gasteiger partial charge in [0.25, 0.3) is 0 Å². The average Bonchev–Trinajstić information content (AvgIpc) is 2.46. The van der Waals surface area contributed by atoms with E-state index < -0.39 is 0 Å². The summed E-state index contributed by atoms with van der Waals surface area (Å²) in [6.45, 7) is 4.73. The number of hydrogen-bond acceptors (Lipinski definition) is 5. The molecule has 0 radical (unpaired) electrons. The third-order valence-electron chi connectivity index (χ3n) is 3.39. The Morgan fingerprint density at radius 3 is 2.71 bits per heavy atom. The van der Waals surface area contributed by atoms with Gasteiger partial charge in [-0.2, -0.15) is 11.8 Å².